The SMILES string of the molecule is CCOc1cc(/C=C2\SC(=S)N(c3cccc(SC)c3)C2=O)cc(Cl)c1OCc1ccccc1. The third-order valence-corrected chi connectivity index (χ3v) is 7.27. The van der Waals surface area contributed by atoms with Crippen LogP contribution in [0.4, 0.5) is 5.69 Å². The Morgan fingerprint density at radius 2 is 1.88 bits per heavy atom. The first kappa shape index (κ1) is 24.7. The van der Waals surface area contributed by atoms with E-state index in [0.717, 1.165) is 21.7 Å². The molecule has 0 unspecified atom stereocenters. The number of rotatable bonds is 8. The number of carbonyl (C=O) groups excluding carboxylic acids is 1. The minimum Gasteiger partial charge on any atom is -0.490 e. The van der Waals surface area contributed by atoms with Gasteiger partial charge in [-0.25, -0.2) is 0 Å². The molecule has 4 nitrogen and oxygen atoms in total. The van der Waals surface area contributed by atoms with Crippen LogP contribution in [-0.4, -0.2) is 23.1 Å². The number of thiocarbonyl (C=S) groups is 1. The molecule has 34 heavy (non-hydrogen) atoms. The maximum atomic E-state index is 13.2. The molecule has 3 aromatic carbocycles. The number of hydrogen-bond acceptors (Lipinski definition) is 6. The molecule has 0 saturated carbocycles. The number of anilines is 1. The summed E-state index contributed by atoms with van der Waals surface area (Å²) in [6.45, 7) is 2.72. The molecule has 0 N–H and O–H groups in total. The summed E-state index contributed by atoms with van der Waals surface area (Å²) >= 11 is 15.0. The van der Waals surface area contributed by atoms with Crippen molar-refractivity contribution in [2.45, 2.75) is 18.4 Å². The van der Waals surface area contributed by atoms with Gasteiger partial charge in [-0.1, -0.05) is 72.0 Å². The molecule has 0 atom stereocenters. The Hall–Kier alpha value is -2.45. The molecule has 0 aromatic heterocycles. The van der Waals surface area contributed by atoms with Gasteiger partial charge in [0.05, 0.1) is 22.2 Å². The number of halogens is 1. The molecule has 1 heterocycles. The number of hydrogen-bond donors (Lipinski definition) is 0. The van der Waals surface area contributed by atoms with Gasteiger partial charge in [-0.3, -0.25) is 9.69 Å². The molecule has 0 bridgehead atoms. The van der Waals surface area contributed by atoms with E-state index in [9.17, 15) is 4.79 Å². The Morgan fingerprint density at radius 3 is 2.62 bits per heavy atom. The predicted octanol–water partition coefficient (Wildman–Crippen LogP) is 7.45. The maximum Gasteiger partial charge on any atom is 0.270 e. The van der Waals surface area contributed by atoms with Gasteiger partial charge in [-0.2, -0.15) is 0 Å². The largest absolute Gasteiger partial charge is 0.490 e. The zero-order valence-corrected chi connectivity index (χ0v) is 21.8. The fraction of sp³-hybridized carbons (Fsp3) is 0.154. The second-order valence-corrected chi connectivity index (χ2v) is 10.2. The normalized spacial score (nSPS) is 14.7. The van der Waals surface area contributed by atoms with E-state index in [-0.39, 0.29) is 5.91 Å². The minimum atomic E-state index is -0.160. The summed E-state index contributed by atoms with van der Waals surface area (Å²) in [6.07, 6.45) is 3.78. The lowest BCUT2D eigenvalue weighted by Gasteiger charge is -2.15. The molecule has 174 valence electrons. The van der Waals surface area contributed by atoms with Gasteiger partial charge in [0.25, 0.3) is 5.91 Å². The average molecular weight is 528 g/mol. The Balaban J connectivity index is 1.60. The van der Waals surface area contributed by atoms with E-state index in [1.165, 1.54) is 11.8 Å². The lowest BCUT2D eigenvalue weighted by molar-refractivity contribution is -0.113. The maximum absolute atomic E-state index is 13.2. The van der Waals surface area contributed by atoms with Gasteiger partial charge in [0.1, 0.15) is 6.61 Å². The molecule has 1 fully saturated rings. The molecule has 0 radical (unpaired) electrons. The van der Waals surface area contributed by atoms with Crippen molar-refractivity contribution in [3.05, 3.63) is 87.8 Å². The standard InChI is InChI=1S/C26H22ClNO3S3/c1-3-30-22-13-18(12-21(27)24(22)31-16-17-8-5-4-6-9-17)14-23-25(29)28(26(32)34-23)19-10-7-11-20(15-19)33-2/h4-15H,3,16H2,1-2H3/b23-14-. The van der Waals surface area contributed by atoms with Crippen LogP contribution in [-0.2, 0) is 11.4 Å². The van der Waals surface area contributed by atoms with Gasteiger partial charge in [0, 0.05) is 4.90 Å². The first-order valence-electron chi connectivity index (χ1n) is 10.5. The van der Waals surface area contributed by atoms with E-state index in [0.29, 0.717) is 39.0 Å². The second kappa shape index (κ2) is 11.3. The molecule has 0 aliphatic carbocycles. The monoisotopic (exact) mass is 527 g/mol. The van der Waals surface area contributed by atoms with Gasteiger partial charge in [-0.15, -0.1) is 11.8 Å². The third kappa shape index (κ3) is 5.61. The fourth-order valence-corrected chi connectivity index (χ4v) is 5.42. The predicted molar refractivity (Wildman–Crippen MR) is 147 cm³/mol. The van der Waals surface area contributed by atoms with E-state index < -0.39 is 0 Å². The fourth-order valence-electron chi connectivity index (χ4n) is 3.40. The summed E-state index contributed by atoms with van der Waals surface area (Å²) < 4.78 is 12.3. The molecule has 4 rings (SSSR count). The van der Waals surface area contributed by atoms with Crippen LogP contribution in [0.2, 0.25) is 5.02 Å². The Bertz CT molecular complexity index is 1250. The van der Waals surface area contributed by atoms with Crippen LogP contribution < -0.4 is 14.4 Å². The first-order valence-corrected chi connectivity index (χ1v) is 13.4. The van der Waals surface area contributed by atoms with Crippen LogP contribution >= 0.6 is 47.3 Å². The van der Waals surface area contributed by atoms with Crippen molar-refractivity contribution >= 4 is 69.3 Å². The summed E-state index contributed by atoms with van der Waals surface area (Å²) in [5, 5.41) is 0.413. The summed E-state index contributed by atoms with van der Waals surface area (Å²) in [5.41, 5.74) is 2.52. The van der Waals surface area contributed by atoms with Crippen LogP contribution in [0.15, 0.2) is 76.5 Å². The molecule has 1 aliphatic rings. The van der Waals surface area contributed by atoms with Crippen molar-refractivity contribution in [2.24, 2.45) is 0 Å². The van der Waals surface area contributed by atoms with Crippen LogP contribution in [0.1, 0.15) is 18.1 Å². The first-order chi connectivity index (χ1) is 16.5. The summed E-state index contributed by atoms with van der Waals surface area (Å²) in [4.78, 5) is 16.3. The van der Waals surface area contributed by atoms with E-state index in [4.69, 9.17) is 33.3 Å². The number of nitrogens with zero attached hydrogens (tertiary/aromatic N) is 1. The molecule has 8 heteroatoms. The Labute approximate surface area is 218 Å². The highest BCUT2D eigenvalue weighted by Gasteiger charge is 2.33. The van der Waals surface area contributed by atoms with Crippen LogP contribution in [0.3, 0.4) is 0 Å². The number of amides is 1. The van der Waals surface area contributed by atoms with Crippen molar-refractivity contribution in [3.63, 3.8) is 0 Å². The summed E-state index contributed by atoms with van der Waals surface area (Å²) in [7, 11) is 0. The van der Waals surface area contributed by atoms with Gasteiger partial charge in [0.15, 0.2) is 15.8 Å². The van der Waals surface area contributed by atoms with Crippen LogP contribution in [0, 0.1) is 0 Å². The van der Waals surface area contributed by atoms with Gasteiger partial charge in [-0.05, 0) is 60.7 Å². The zero-order chi connectivity index (χ0) is 24.1. The molecule has 1 amide bonds. The van der Waals surface area contributed by atoms with E-state index >= 15 is 0 Å². The Kier molecular flexibility index (Phi) is 8.21. The molecule has 3 aromatic rings. The van der Waals surface area contributed by atoms with Crippen LogP contribution in [0.5, 0.6) is 11.5 Å². The summed E-state index contributed by atoms with van der Waals surface area (Å²) in [6, 6.07) is 21.2. The number of ether oxygens (including phenoxy) is 2. The van der Waals surface area contributed by atoms with Gasteiger partial charge >= 0.3 is 0 Å². The van der Waals surface area contributed by atoms with E-state index in [2.05, 4.69) is 0 Å². The minimum absolute atomic E-state index is 0.160. The van der Waals surface area contributed by atoms with Crippen molar-refractivity contribution in [3.8, 4) is 11.5 Å². The molecular weight excluding hydrogens is 506 g/mol. The highest BCUT2D eigenvalue weighted by molar-refractivity contribution is 8.27. The van der Waals surface area contributed by atoms with Gasteiger partial charge < -0.3 is 9.47 Å². The molecular formula is C26H22ClNO3S3. The van der Waals surface area contributed by atoms with Gasteiger partial charge in [0.2, 0.25) is 0 Å². The Morgan fingerprint density at radius 1 is 1.09 bits per heavy atom. The number of benzene rings is 3. The number of carbonyl (C=O) groups is 1. The summed E-state index contributed by atoms with van der Waals surface area (Å²) in [5.74, 6) is 0.845. The van der Waals surface area contributed by atoms with Crippen molar-refractivity contribution < 1.29 is 14.3 Å². The van der Waals surface area contributed by atoms with Crippen molar-refractivity contribution in [2.75, 3.05) is 17.8 Å². The topological polar surface area (TPSA) is 38.8 Å². The number of thioether (sulfide) groups is 2. The molecule has 0 spiro atoms. The van der Waals surface area contributed by atoms with E-state index in [1.807, 2.05) is 73.8 Å². The van der Waals surface area contributed by atoms with Crippen molar-refractivity contribution in [1.82, 2.24) is 0 Å². The highest BCUT2D eigenvalue weighted by atomic mass is 35.5. The zero-order valence-electron chi connectivity index (χ0n) is 18.6. The average Bonchev–Trinajstić information content (AvgIpc) is 3.12. The van der Waals surface area contributed by atoms with Crippen molar-refractivity contribution in [1.29, 1.82) is 0 Å². The molecule has 1 saturated heterocycles. The quantitative estimate of drug-likeness (QED) is 0.172. The lowest BCUT2D eigenvalue weighted by Crippen LogP contribution is -2.27. The van der Waals surface area contributed by atoms with Crippen LogP contribution in [0.25, 0.3) is 6.08 Å². The smallest absolute Gasteiger partial charge is 0.270 e. The van der Waals surface area contributed by atoms with E-state index in [1.54, 1.807) is 28.8 Å². The highest BCUT2D eigenvalue weighted by Crippen LogP contribution is 2.40. The third-order valence-electron chi connectivity index (χ3n) is 4.96. The molecule has 1 aliphatic heterocycles. The second-order valence-electron chi connectivity index (χ2n) is 7.26. The lowest BCUT2D eigenvalue weighted by atomic mass is 10.1.